The van der Waals surface area contributed by atoms with E-state index in [1.165, 1.54) is 14.2 Å². The monoisotopic (exact) mass is 415 g/mol. The summed E-state index contributed by atoms with van der Waals surface area (Å²) >= 11 is 0. The Morgan fingerprint density at radius 2 is 1.42 bits per heavy atom. The van der Waals surface area contributed by atoms with Gasteiger partial charge in [-0.2, -0.15) is 5.26 Å². The first-order valence-electron chi connectivity index (χ1n) is 9.40. The second kappa shape index (κ2) is 9.46. The molecule has 0 spiro atoms. The number of carbonyl (C=O) groups excluding carboxylic acids is 2. The Morgan fingerprint density at radius 3 is 2.06 bits per heavy atom. The SMILES string of the molecule is COc1ccc(NC(=O)c2cc(NC(=O)c3ccc(C#N)cc3)ccc2C)cc1OC. The number of hydrogen-bond acceptors (Lipinski definition) is 5. The molecule has 7 heteroatoms. The molecule has 3 aromatic rings. The van der Waals surface area contributed by atoms with Gasteiger partial charge in [-0.15, -0.1) is 0 Å². The van der Waals surface area contributed by atoms with Crippen molar-refractivity contribution >= 4 is 23.2 Å². The van der Waals surface area contributed by atoms with E-state index in [4.69, 9.17) is 14.7 Å². The highest BCUT2D eigenvalue weighted by molar-refractivity contribution is 6.08. The van der Waals surface area contributed by atoms with E-state index in [1.807, 2.05) is 13.0 Å². The van der Waals surface area contributed by atoms with Crippen molar-refractivity contribution in [1.29, 1.82) is 5.26 Å². The van der Waals surface area contributed by atoms with Crippen molar-refractivity contribution < 1.29 is 19.1 Å². The van der Waals surface area contributed by atoms with Crippen LogP contribution in [0.25, 0.3) is 0 Å². The zero-order valence-electron chi connectivity index (χ0n) is 17.4. The van der Waals surface area contributed by atoms with E-state index in [2.05, 4.69) is 10.6 Å². The Labute approximate surface area is 180 Å². The number of nitrogens with one attached hydrogen (secondary N) is 2. The molecule has 31 heavy (non-hydrogen) atoms. The molecule has 0 radical (unpaired) electrons. The van der Waals surface area contributed by atoms with Crippen LogP contribution in [0.5, 0.6) is 11.5 Å². The Balaban J connectivity index is 1.77. The van der Waals surface area contributed by atoms with E-state index in [9.17, 15) is 9.59 Å². The van der Waals surface area contributed by atoms with Crippen LogP contribution in [0.3, 0.4) is 0 Å². The molecule has 0 bridgehead atoms. The van der Waals surface area contributed by atoms with Crippen LogP contribution in [0.4, 0.5) is 11.4 Å². The maximum atomic E-state index is 12.8. The minimum atomic E-state index is -0.334. The molecule has 3 aromatic carbocycles. The molecule has 0 heterocycles. The summed E-state index contributed by atoms with van der Waals surface area (Å²) in [5.74, 6) is 0.406. The Hall–Kier alpha value is -4.31. The van der Waals surface area contributed by atoms with E-state index in [0.29, 0.717) is 39.6 Å². The third-order valence-corrected chi connectivity index (χ3v) is 4.66. The van der Waals surface area contributed by atoms with Crippen molar-refractivity contribution in [1.82, 2.24) is 0 Å². The van der Waals surface area contributed by atoms with Gasteiger partial charge in [-0.1, -0.05) is 6.07 Å². The molecule has 0 saturated heterocycles. The lowest BCUT2D eigenvalue weighted by atomic mass is 10.1. The molecule has 2 amide bonds. The van der Waals surface area contributed by atoms with Crippen LogP contribution in [-0.4, -0.2) is 26.0 Å². The molecule has 0 fully saturated rings. The molecular weight excluding hydrogens is 394 g/mol. The van der Waals surface area contributed by atoms with Gasteiger partial charge >= 0.3 is 0 Å². The van der Waals surface area contributed by atoms with Gasteiger partial charge in [0.1, 0.15) is 0 Å². The van der Waals surface area contributed by atoms with E-state index in [1.54, 1.807) is 60.7 Å². The van der Waals surface area contributed by atoms with Crippen LogP contribution < -0.4 is 20.1 Å². The van der Waals surface area contributed by atoms with Gasteiger partial charge in [0.2, 0.25) is 0 Å². The molecule has 2 N–H and O–H groups in total. The number of amides is 2. The number of benzene rings is 3. The predicted molar refractivity (Wildman–Crippen MR) is 118 cm³/mol. The van der Waals surface area contributed by atoms with Crippen molar-refractivity contribution in [2.45, 2.75) is 6.92 Å². The van der Waals surface area contributed by atoms with E-state index in [0.717, 1.165) is 5.56 Å². The molecule has 156 valence electrons. The summed E-state index contributed by atoms with van der Waals surface area (Å²) in [5.41, 5.74) is 3.10. The lowest BCUT2D eigenvalue weighted by molar-refractivity contribution is 0.101. The molecule has 0 saturated carbocycles. The molecular formula is C24H21N3O4. The zero-order chi connectivity index (χ0) is 22.4. The first-order valence-corrected chi connectivity index (χ1v) is 9.40. The fourth-order valence-electron chi connectivity index (χ4n) is 2.96. The van der Waals surface area contributed by atoms with Gasteiger partial charge in [-0.25, -0.2) is 0 Å². The largest absolute Gasteiger partial charge is 0.493 e. The van der Waals surface area contributed by atoms with Crippen LogP contribution >= 0.6 is 0 Å². The summed E-state index contributed by atoms with van der Waals surface area (Å²) in [6, 6.07) is 18.5. The number of anilines is 2. The number of aryl methyl sites for hydroxylation is 1. The molecule has 3 rings (SSSR count). The summed E-state index contributed by atoms with van der Waals surface area (Å²) in [5, 5.41) is 14.5. The predicted octanol–water partition coefficient (Wildman–Crippen LogP) is 4.39. The van der Waals surface area contributed by atoms with Crippen molar-refractivity contribution in [2.24, 2.45) is 0 Å². The smallest absolute Gasteiger partial charge is 0.256 e. The zero-order valence-corrected chi connectivity index (χ0v) is 17.4. The van der Waals surface area contributed by atoms with Crippen LogP contribution in [0.2, 0.25) is 0 Å². The summed E-state index contributed by atoms with van der Waals surface area (Å²) in [6.45, 7) is 1.82. The third-order valence-electron chi connectivity index (χ3n) is 4.66. The fraction of sp³-hybridized carbons (Fsp3) is 0.125. The molecule has 0 unspecified atom stereocenters. The summed E-state index contributed by atoms with van der Waals surface area (Å²) < 4.78 is 10.5. The van der Waals surface area contributed by atoms with Gasteiger partial charge in [0.25, 0.3) is 11.8 Å². The topological polar surface area (TPSA) is 100 Å². The van der Waals surface area contributed by atoms with Crippen molar-refractivity contribution in [3.05, 3.63) is 82.9 Å². The van der Waals surface area contributed by atoms with Gasteiger partial charge in [0, 0.05) is 28.6 Å². The van der Waals surface area contributed by atoms with Gasteiger partial charge in [-0.3, -0.25) is 9.59 Å². The molecule has 0 atom stereocenters. The fourth-order valence-corrected chi connectivity index (χ4v) is 2.96. The normalized spacial score (nSPS) is 10.0. The maximum Gasteiger partial charge on any atom is 0.256 e. The molecule has 0 aromatic heterocycles. The molecule has 0 aliphatic rings. The number of rotatable bonds is 6. The minimum Gasteiger partial charge on any atom is -0.493 e. The summed E-state index contributed by atoms with van der Waals surface area (Å²) in [7, 11) is 3.06. The number of methoxy groups -OCH3 is 2. The van der Waals surface area contributed by atoms with Gasteiger partial charge in [0.15, 0.2) is 11.5 Å². The quantitative estimate of drug-likeness (QED) is 0.622. The molecule has 7 nitrogen and oxygen atoms in total. The van der Waals surface area contributed by atoms with Crippen LogP contribution in [-0.2, 0) is 0 Å². The first kappa shape index (κ1) is 21.4. The minimum absolute atomic E-state index is 0.320. The molecule has 0 aliphatic heterocycles. The standard InChI is InChI=1S/C24H21N3O4/c1-15-4-9-18(26-23(28)17-7-5-16(14-25)6-8-17)12-20(15)24(29)27-19-10-11-21(30-2)22(13-19)31-3/h4-13H,1-3H3,(H,26,28)(H,27,29). The van der Waals surface area contributed by atoms with Crippen molar-refractivity contribution in [3.63, 3.8) is 0 Å². The Morgan fingerprint density at radius 1 is 0.806 bits per heavy atom. The number of nitriles is 1. The van der Waals surface area contributed by atoms with E-state index in [-0.39, 0.29) is 11.8 Å². The van der Waals surface area contributed by atoms with Crippen LogP contribution in [0.1, 0.15) is 31.8 Å². The number of ether oxygens (including phenoxy) is 2. The summed E-state index contributed by atoms with van der Waals surface area (Å²) in [4.78, 5) is 25.3. The van der Waals surface area contributed by atoms with Crippen LogP contribution in [0.15, 0.2) is 60.7 Å². The molecule has 0 aliphatic carbocycles. The second-order valence-electron chi connectivity index (χ2n) is 6.70. The average molecular weight is 415 g/mol. The highest BCUT2D eigenvalue weighted by atomic mass is 16.5. The third kappa shape index (κ3) is 5.00. The van der Waals surface area contributed by atoms with E-state index >= 15 is 0 Å². The average Bonchev–Trinajstić information content (AvgIpc) is 2.80. The second-order valence-corrected chi connectivity index (χ2v) is 6.70. The lowest BCUT2D eigenvalue weighted by Gasteiger charge is -2.13. The first-order chi connectivity index (χ1) is 14.9. The van der Waals surface area contributed by atoms with Gasteiger partial charge < -0.3 is 20.1 Å². The van der Waals surface area contributed by atoms with Gasteiger partial charge in [-0.05, 0) is 61.0 Å². The Bertz CT molecular complexity index is 1160. The lowest BCUT2D eigenvalue weighted by Crippen LogP contribution is -2.16. The Kier molecular flexibility index (Phi) is 6.53. The van der Waals surface area contributed by atoms with Crippen molar-refractivity contribution in [2.75, 3.05) is 24.9 Å². The number of nitrogens with zero attached hydrogens (tertiary/aromatic N) is 1. The van der Waals surface area contributed by atoms with Gasteiger partial charge in [0.05, 0.1) is 25.9 Å². The van der Waals surface area contributed by atoms with Crippen LogP contribution in [0, 0.1) is 18.3 Å². The summed E-state index contributed by atoms with van der Waals surface area (Å²) in [6.07, 6.45) is 0. The number of carbonyl (C=O) groups is 2. The number of hydrogen-bond donors (Lipinski definition) is 2. The highest BCUT2D eigenvalue weighted by Gasteiger charge is 2.14. The highest BCUT2D eigenvalue weighted by Crippen LogP contribution is 2.30. The van der Waals surface area contributed by atoms with Crippen molar-refractivity contribution in [3.8, 4) is 17.6 Å². The van der Waals surface area contributed by atoms with E-state index < -0.39 is 0 Å². The maximum absolute atomic E-state index is 12.8.